The molecule has 110 valence electrons. The average Bonchev–Trinajstić information content (AvgIpc) is 2.38. The monoisotopic (exact) mass is 293 g/mol. The summed E-state index contributed by atoms with van der Waals surface area (Å²) in [6.45, 7) is 6.01. The quantitative estimate of drug-likeness (QED) is 0.452. The third-order valence-electron chi connectivity index (χ3n) is 3.02. The van der Waals surface area contributed by atoms with Gasteiger partial charge in [0.1, 0.15) is 0 Å². The number of nitrogens with zero attached hydrogens (tertiary/aromatic N) is 2. The molecular weight excluding hydrogens is 270 g/mol. The molecule has 0 aromatic carbocycles. The van der Waals surface area contributed by atoms with Crippen molar-refractivity contribution in [3.8, 4) is 6.07 Å². The summed E-state index contributed by atoms with van der Waals surface area (Å²) in [7, 11) is 0. The van der Waals surface area contributed by atoms with Crippen molar-refractivity contribution in [2.24, 2.45) is 5.41 Å². The van der Waals surface area contributed by atoms with Gasteiger partial charge in [-0.25, -0.2) is 4.98 Å². The predicted molar refractivity (Wildman–Crippen MR) is 82.8 cm³/mol. The lowest BCUT2D eigenvalue weighted by Crippen LogP contribution is -2.10. The van der Waals surface area contributed by atoms with E-state index in [-0.39, 0.29) is 11.0 Å². The van der Waals surface area contributed by atoms with E-state index in [2.05, 4.69) is 23.0 Å². The minimum atomic E-state index is -0.238. The molecule has 1 aromatic heterocycles. The summed E-state index contributed by atoms with van der Waals surface area (Å²) in [4.78, 5) is 18.7. The summed E-state index contributed by atoms with van der Waals surface area (Å²) < 4.78 is 0. The van der Waals surface area contributed by atoms with Crippen LogP contribution in [0.25, 0.3) is 0 Å². The molecule has 0 bridgehead atoms. The van der Waals surface area contributed by atoms with Crippen molar-refractivity contribution >= 4 is 11.8 Å². The van der Waals surface area contributed by atoms with Crippen LogP contribution in [-0.4, -0.2) is 15.7 Å². The molecule has 0 aliphatic heterocycles. The zero-order valence-corrected chi connectivity index (χ0v) is 13.3. The molecule has 0 amide bonds. The minimum absolute atomic E-state index is 0.0726. The van der Waals surface area contributed by atoms with Gasteiger partial charge in [0, 0.05) is 17.5 Å². The van der Waals surface area contributed by atoms with Gasteiger partial charge in [0.2, 0.25) is 0 Å². The van der Waals surface area contributed by atoms with Crippen LogP contribution >= 0.6 is 11.8 Å². The maximum atomic E-state index is 11.5. The van der Waals surface area contributed by atoms with E-state index in [1.165, 1.54) is 0 Å². The normalized spacial score (nSPS) is 11.3. The number of aromatic nitrogens is 2. The number of hydrogen-bond acceptors (Lipinski definition) is 4. The van der Waals surface area contributed by atoms with Crippen LogP contribution in [0.5, 0.6) is 0 Å². The molecule has 0 unspecified atom stereocenters. The van der Waals surface area contributed by atoms with Crippen molar-refractivity contribution in [1.29, 1.82) is 5.26 Å². The summed E-state index contributed by atoms with van der Waals surface area (Å²) in [5.41, 5.74) is 0.555. The standard InChI is InChI=1S/C15H23N3OS/c1-4-7-12-10-13(19)18-14(17-12)20-9-6-5-8-15(2,3)11-16/h10H,4-9H2,1-3H3,(H,17,18,19). The molecule has 1 N–H and O–H groups in total. The highest BCUT2D eigenvalue weighted by molar-refractivity contribution is 7.99. The van der Waals surface area contributed by atoms with E-state index < -0.39 is 0 Å². The number of aromatic amines is 1. The van der Waals surface area contributed by atoms with Gasteiger partial charge in [-0.1, -0.05) is 31.5 Å². The van der Waals surface area contributed by atoms with E-state index in [1.807, 2.05) is 13.8 Å². The molecule has 0 aliphatic rings. The Balaban J connectivity index is 2.39. The van der Waals surface area contributed by atoms with Crippen LogP contribution in [0.1, 0.15) is 52.1 Å². The summed E-state index contributed by atoms with van der Waals surface area (Å²) in [6.07, 6.45) is 4.78. The molecule has 0 saturated heterocycles. The van der Waals surface area contributed by atoms with E-state index in [4.69, 9.17) is 5.26 Å². The molecular formula is C15H23N3OS. The Morgan fingerprint density at radius 3 is 2.85 bits per heavy atom. The van der Waals surface area contributed by atoms with Crippen molar-refractivity contribution in [2.45, 2.75) is 58.0 Å². The van der Waals surface area contributed by atoms with E-state index in [0.29, 0.717) is 5.16 Å². The molecule has 5 heteroatoms. The van der Waals surface area contributed by atoms with Gasteiger partial charge in [-0.2, -0.15) is 5.26 Å². The molecule has 20 heavy (non-hydrogen) atoms. The van der Waals surface area contributed by atoms with Crippen LogP contribution in [0, 0.1) is 16.7 Å². The van der Waals surface area contributed by atoms with Gasteiger partial charge in [0.05, 0.1) is 11.5 Å². The van der Waals surface area contributed by atoms with Gasteiger partial charge < -0.3 is 4.98 Å². The topological polar surface area (TPSA) is 69.5 Å². The number of nitriles is 1. The van der Waals surface area contributed by atoms with Crippen molar-refractivity contribution in [3.05, 3.63) is 22.1 Å². The first-order valence-corrected chi connectivity index (χ1v) is 8.09. The Labute approximate surface area is 125 Å². The fourth-order valence-electron chi connectivity index (χ4n) is 1.83. The Morgan fingerprint density at radius 2 is 2.20 bits per heavy atom. The largest absolute Gasteiger partial charge is 0.301 e. The van der Waals surface area contributed by atoms with E-state index >= 15 is 0 Å². The molecule has 4 nitrogen and oxygen atoms in total. The summed E-state index contributed by atoms with van der Waals surface area (Å²) in [5.74, 6) is 0.917. The number of hydrogen-bond donors (Lipinski definition) is 1. The molecule has 0 aliphatic carbocycles. The summed E-state index contributed by atoms with van der Waals surface area (Å²) in [5, 5.41) is 9.64. The molecule has 1 aromatic rings. The van der Waals surface area contributed by atoms with Crippen molar-refractivity contribution in [1.82, 2.24) is 9.97 Å². The predicted octanol–water partition coefficient (Wildman–Crippen LogP) is 3.53. The highest BCUT2D eigenvalue weighted by Crippen LogP contribution is 2.23. The second-order valence-electron chi connectivity index (χ2n) is 5.59. The van der Waals surface area contributed by atoms with E-state index in [9.17, 15) is 4.79 Å². The second kappa shape index (κ2) is 8.11. The molecule has 1 rings (SSSR count). The number of H-pyrrole nitrogens is 1. The van der Waals surface area contributed by atoms with Crippen molar-refractivity contribution < 1.29 is 0 Å². The van der Waals surface area contributed by atoms with Crippen LogP contribution in [0.3, 0.4) is 0 Å². The lowest BCUT2D eigenvalue weighted by molar-refractivity contribution is 0.433. The van der Waals surface area contributed by atoms with Gasteiger partial charge in [-0.05, 0) is 33.1 Å². The van der Waals surface area contributed by atoms with E-state index in [0.717, 1.165) is 43.6 Å². The lowest BCUT2D eigenvalue weighted by atomic mass is 9.89. The van der Waals surface area contributed by atoms with Crippen molar-refractivity contribution in [3.63, 3.8) is 0 Å². The smallest absolute Gasteiger partial charge is 0.251 e. The molecule has 0 radical (unpaired) electrons. The minimum Gasteiger partial charge on any atom is -0.301 e. The first-order valence-electron chi connectivity index (χ1n) is 7.11. The fraction of sp³-hybridized carbons (Fsp3) is 0.667. The number of unbranched alkanes of at least 4 members (excludes halogenated alkanes) is 1. The number of aryl methyl sites for hydroxylation is 1. The second-order valence-corrected chi connectivity index (χ2v) is 6.68. The lowest BCUT2D eigenvalue weighted by Gasteiger charge is -2.13. The zero-order chi connectivity index (χ0) is 15.0. The molecule has 0 fully saturated rings. The van der Waals surface area contributed by atoms with Crippen LogP contribution in [0.2, 0.25) is 0 Å². The fourth-order valence-corrected chi connectivity index (χ4v) is 2.73. The van der Waals surface area contributed by atoms with Crippen LogP contribution in [0.4, 0.5) is 0 Å². The van der Waals surface area contributed by atoms with Gasteiger partial charge in [0.15, 0.2) is 5.16 Å². The van der Waals surface area contributed by atoms with E-state index in [1.54, 1.807) is 17.8 Å². The summed E-state index contributed by atoms with van der Waals surface area (Å²) in [6, 6.07) is 3.88. The first kappa shape index (κ1) is 16.8. The molecule has 1 heterocycles. The zero-order valence-electron chi connectivity index (χ0n) is 12.5. The first-order chi connectivity index (χ1) is 9.46. The Hall–Kier alpha value is -1.28. The highest BCUT2D eigenvalue weighted by Gasteiger charge is 2.15. The summed E-state index contributed by atoms with van der Waals surface area (Å²) >= 11 is 1.58. The highest BCUT2D eigenvalue weighted by atomic mass is 32.2. The van der Waals surface area contributed by atoms with Gasteiger partial charge >= 0.3 is 0 Å². The maximum Gasteiger partial charge on any atom is 0.251 e. The number of nitrogens with one attached hydrogen (secondary N) is 1. The van der Waals surface area contributed by atoms with Crippen LogP contribution in [0.15, 0.2) is 16.0 Å². The Morgan fingerprint density at radius 1 is 1.45 bits per heavy atom. The van der Waals surface area contributed by atoms with Gasteiger partial charge in [0.25, 0.3) is 5.56 Å². The maximum absolute atomic E-state index is 11.5. The third-order valence-corrected chi connectivity index (χ3v) is 3.98. The van der Waals surface area contributed by atoms with Crippen LogP contribution in [-0.2, 0) is 6.42 Å². The van der Waals surface area contributed by atoms with Crippen LogP contribution < -0.4 is 5.56 Å². The number of rotatable bonds is 8. The third kappa shape index (κ3) is 6.25. The molecule has 0 atom stereocenters. The number of thioether (sulfide) groups is 1. The Kier molecular flexibility index (Phi) is 6.80. The molecule has 0 saturated carbocycles. The van der Waals surface area contributed by atoms with Gasteiger partial charge in [-0.15, -0.1) is 0 Å². The average molecular weight is 293 g/mol. The molecule has 0 spiro atoms. The van der Waals surface area contributed by atoms with Gasteiger partial charge in [-0.3, -0.25) is 4.79 Å². The SMILES string of the molecule is CCCc1cc(=O)[nH]c(SCCCCC(C)(C)C#N)n1. The Bertz CT molecular complexity index is 517. The van der Waals surface area contributed by atoms with Crippen molar-refractivity contribution in [2.75, 3.05) is 5.75 Å².